The molecule has 2 rings (SSSR count). The largest absolute Gasteiger partial charge is 0.366 e. The number of hydrogen-bond donors (Lipinski definition) is 2. The van der Waals surface area contributed by atoms with Crippen LogP contribution in [0.1, 0.15) is 15.9 Å². The molecule has 1 amide bonds. The maximum atomic E-state index is 13.7. The van der Waals surface area contributed by atoms with Gasteiger partial charge in [-0.2, -0.15) is 0 Å². The third-order valence-corrected chi connectivity index (χ3v) is 4.31. The minimum Gasteiger partial charge on any atom is -0.366 e. The van der Waals surface area contributed by atoms with Gasteiger partial charge in [-0.25, -0.2) is 12.8 Å². The zero-order valence-electron chi connectivity index (χ0n) is 11.1. The van der Waals surface area contributed by atoms with Crippen molar-refractivity contribution in [3.05, 3.63) is 59.4 Å². The lowest BCUT2D eigenvalue weighted by atomic mass is 10.1. The predicted molar refractivity (Wildman–Crippen MR) is 76.9 cm³/mol. The molecule has 110 valence electrons. The van der Waals surface area contributed by atoms with Gasteiger partial charge in [-0.3, -0.25) is 9.52 Å². The molecule has 21 heavy (non-hydrogen) atoms. The van der Waals surface area contributed by atoms with Gasteiger partial charge in [0.2, 0.25) is 5.91 Å². The summed E-state index contributed by atoms with van der Waals surface area (Å²) in [6.45, 7) is 1.41. The topological polar surface area (TPSA) is 89.3 Å². The molecule has 0 atom stereocenters. The van der Waals surface area contributed by atoms with E-state index in [2.05, 4.69) is 4.72 Å². The van der Waals surface area contributed by atoms with Gasteiger partial charge in [0.05, 0.1) is 10.6 Å². The number of nitrogens with one attached hydrogen (secondary N) is 1. The first-order valence-corrected chi connectivity index (χ1v) is 7.47. The monoisotopic (exact) mass is 308 g/mol. The third-order valence-electron chi connectivity index (χ3n) is 2.93. The van der Waals surface area contributed by atoms with Crippen molar-refractivity contribution in [3.8, 4) is 0 Å². The Morgan fingerprint density at radius 3 is 2.38 bits per heavy atom. The first kappa shape index (κ1) is 15.0. The second-order valence-electron chi connectivity index (χ2n) is 4.41. The summed E-state index contributed by atoms with van der Waals surface area (Å²) in [7, 11) is -3.86. The van der Waals surface area contributed by atoms with Crippen molar-refractivity contribution < 1.29 is 17.6 Å². The van der Waals surface area contributed by atoms with E-state index in [0.29, 0.717) is 0 Å². The van der Waals surface area contributed by atoms with Crippen LogP contribution in [-0.4, -0.2) is 14.3 Å². The molecular formula is C14H13FN2O3S. The van der Waals surface area contributed by atoms with Crippen molar-refractivity contribution in [2.75, 3.05) is 4.72 Å². The van der Waals surface area contributed by atoms with Crippen molar-refractivity contribution in [1.82, 2.24) is 0 Å². The Labute approximate surface area is 121 Å². The van der Waals surface area contributed by atoms with Crippen LogP contribution in [0.2, 0.25) is 0 Å². The summed E-state index contributed by atoms with van der Waals surface area (Å²) in [5, 5.41) is 0. The molecule has 0 radical (unpaired) electrons. The van der Waals surface area contributed by atoms with Crippen molar-refractivity contribution in [1.29, 1.82) is 0 Å². The molecule has 3 N–H and O–H groups in total. The molecule has 2 aromatic carbocycles. The van der Waals surface area contributed by atoms with Gasteiger partial charge in [-0.05, 0) is 31.2 Å². The lowest BCUT2D eigenvalue weighted by Gasteiger charge is -2.12. The number of nitrogens with two attached hydrogens (primary N) is 1. The normalized spacial score (nSPS) is 11.1. The summed E-state index contributed by atoms with van der Waals surface area (Å²) in [6, 6.07) is 9.82. The number of benzene rings is 2. The predicted octanol–water partition coefficient (Wildman–Crippen LogP) is 2.03. The standard InChI is InChI=1S/C14H13FN2O3S/c1-9-12(15)7-10(14(16)18)8-13(9)17-21(19,20)11-5-3-2-4-6-11/h2-8,17H,1H3,(H2,16,18). The molecular weight excluding hydrogens is 295 g/mol. The van der Waals surface area contributed by atoms with E-state index >= 15 is 0 Å². The van der Waals surface area contributed by atoms with Crippen LogP contribution in [-0.2, 0) is 10.0 Å². The van der Waals surface area contributed by atoms with Crippen molar-refractivity contribution in [3.63, 3.8) is 0 Å². The molecule has 7 heteroatoms. The maximum absolute atomic E-state index is 13.7. The number of carbonyl (C=O) groups excluding carboxylic acids is 1. The van der Waals surface area contributed by atoms with Gasteiger partial charge in [0.15, 0.2) is 0 Å². The van der Waals surface area contributed by atoms with Gasteiger partial charge in [0, 0.05) is 11.1 Å². The zero-order valence-corrected chi connectivity index (χ0v) is 11.9. The number of carbonyl (C=O) groups is 1. The zero-order chi connectivity index (χ0) is 15.6. The molecule has 0 fully saturated rings. The highest BCUT2D eigenvalue weighted by molar-refractivity contribution is 7.92. The Bertz CT molecular complexity index is 789. The van der Waals surface area contributed by atoms with E-state index in [4.69, 9.17) is 5.73 Å². The summed E-state index contributed by atoms with van der Waals surface area (Å²) in [5.41, 5.74) is 5.05. The van der Waals surface area contributed by atoms with E-state index in [9.17, 15) is 17.6 Å². The number of primary amides is 1. The Morgan fingerprint density at radius 2 is 1.81 bits per heavy atom. The van der Waals surface area contributed by atoms with Crippen molar-refractivity contribution in [2.45, 2.75) is 11.8 Å². The number of halogens is 1. The van der Waals surface area contributed by atoms with Gasteiger partial charge in [0.25, 0.3) is 10.0 Å². The number of sulfonamides is 1. The summed E-state index contributed by atoms with van der Waals surface area (Å²) in [5.74, 6) is -1.55. The van der Waals surface area contributed by atoms with Crippen LogP contribution in [0.3, 0.4) is 0 Å². The Morgan fingerprint density at radius 1 is 1.19 bits per heavy atom. The Kier molecular flexibility index (Phi) is 3.95. The molecule has 0 heterocycles. The SMILES string of the molecule is Cc1c(F)cc(C(N)=O)cc1NS(=O)(=O)c1ccccc1. The summed E-state index contributed by atoms with van der Waals surface area (Å²) in [4.78, 5) is 11.2. The number of anilines is 1. The van der Waals surface area contributed by atoms with Crippen LogP contribution in [0, 0.1) is 12.7 Å². The van der Waals surface area contributed by atoms with E-state index < -0.39 is 21.7 Å². The fraction of sp³-hybridized carbons (Fsp3) is 0.0714. The first-order chi connectivity index (χ1) is 9.81. The van der Waals surface area contributed by atoms with Crippen molar-refractivity contribution >= 4 is 21.6 Å². The fourth-order valence-corrected chi connectivity index (χ4v) is 2.87. The van der Waals surface area contributed by atoms with Gasteiger partial charge < -0.3 is 5.73 Å². The highest BCUT2D eigenvalue weighted by Gasteiger charge is 2.17. The molecule has 5 nitrogen and oxygen atoms in total. The molecule has 0 saturated heterocycles. The highest BCUT2D eigenvalue weighted by atomic mass is 32.2. The Hall–Kier alpha value is -2.41. The molecule has 0 aliphatic rings. The van der Waals surface area contributed by atoms with Crippen LogP contribution < -0.4 is 10.5 Å². The average Bonchev–Trinajstić information content (AvgIpc) is 2.44. The summed E-state index contributed by atoms with van der Waals surface area (Å²) < 4.78 is 40.4. The molecule has 0 saturated carbocycles. The van der Waals surface area contributed by atoms with Gasteiger partial charge >= 0.3 is 0 Å². The Balaban J connectivity index is 2.47. The molecule has 2 aromatic rings. The second kappa shape index (κ2) is 5.53. The average molecular weight is 308 g/mol. The molecule has 0 unspecified atom stereocenters. The fourth-order valence-electron chi connectivity index (χ4n) is 1.73. The van der Waals surface area contributed by atoms with Crippen LogP contribution in [0.4, 0.5) is 10.1 Å². The van der Waals surface area contributed by atoms with Crippen LogP contribution >= 0.6 is 0 Å². The van der Waals surface area contributed by atoms with Crippen LogP contribution in [0.5, 0.6) is 0 Å². The van der Waals surface area contributed by atoms with E-state index in [-0.39, 0.29) is 21.7 Å². The molecule has 0 aliphatic carbocycles. The van der Waals surface area contributed by atoms with Gasteiger partial charge in [-0.1, -0.05) is 18.2 Å². The second-order valence-corrected chi connectivity index (χ2v) is 6.10. The highest BCUT2D eigenvalue weighted by Crippen LogP contribution is 2.23. The first-order valence-electron chi connectivity index (χ1n) is 5.99. The number of rotatable bonds is 4. The lowest BCUT2D eigenvalue weighted by molar-refractivity contribution is 0.1000. The maximum Gasteiger partial charge on any atom is 0.261 e. The van der Waals surface area contributed by atoms with E-state index in [0.717, 1.165) is 6.07 Å². The smallest absolute Gasteiger partial charge is 0.261 e. The molecule has 0 spiro atoms. The minimum atomic E-state index is -3.86. The van der Waals surface area contributed by atoms with Crippen LogP contribution in [0.25, 0.3) is 0 Å². The summed E-state index contributed by atoms with van der Waals surface area (Å²) >= 11 is 0. The van der Waals surface area contributed by atoms with Crippen molar-refractivity contribution in [2.24, 2.45) is 5.73 Å². The molecule has 0 aromatic heterocycles. The van der Waals surface area contributed by atoms with Gasteiger partial charge in [0.1, 0.15) is 5.82 Å². The summed E-state index contributed by atoms with van der Waals surface area (Å²) in [6.07, 6.45) is 0. The van der Waals surface area contributed by atoms with Crippen LogP contribution in [0.15, 0.2) is 47.4 Å². The molecule has 0 bridgehead atoms. The van der Waals surface area contributed by atoms with E-state index in [1.165, 1.54) is 25.1 Å². The lowest BCUT2D eigenvalue weighted by Crippen LogP contribution is -2.16. The van der Waals surface area contributed by atoms with Gasteiger partial charge in [-0.15, -0.1) is 0 Å². The number of hydrogen-bond acceptors (Lipinski definition) is 3. The van der Waals surface area contributed by atoms with E-state index in [1.54, 1.807) is 18.2 Å². The quantitative estimate of drug-likeness (QED) is 0.905. The van der Waals surface area contributed by atoms with E-state index in [1.807, 2.05) is 0 Å². The third kappa shape index (κ3) is 3.19. The minimum absolute atomic E-state index is 0.0207. The number of amides is 1. The molecule has 0 aliphatic heterocycles.